The van der Waals surface area contributed by atoms with E-state index in [1.54, 1.807) is 7.05 Å². The summed E-state index contributed by atoms with van der Waals surface area (Å²) in [5.74, 6) is -1.10. The van der Waals surface area contributed by atoms with Crippen LogP contribution in [0.3, 0.4) is 0 Å². The van der Waals surface area contributed by atoms with Gasteiger partial charge in [0.25, 0.3) is 0 Å². The van der Waals surface area contributed by atoms with Crippen LogP contribution in [0.4, 0.5) is 4.39 Å². The lowest BCUT2D eigenvalue weighted by atomic mass is 10.3. The lowest BCUT2D eigenvalue weighted by Crippen LogP contribution is -2.29. The summed E-state index contributed by atoms with van der Waals surface area (Å²) < 4.78 is 41.1. The summed E-state index contributed by atoms with van der Waals surface area (Å²) in [6.07, 6.45) is 1.49. The highest BCUT2D eigenvalue weighted by Crippen LogP contribution is 2.20. The zero-order valence-corrected chi connectivity index (χ0v) is 13.5. The van der Waals surface area contributed by atoms with Crippen molar-refractivity contribution in [1.82, 2.24) is 4.90 Å². The molecule has 0 fully saturated rings. The Morgan fingerprint density at radius 1 is 1.41 bits per heavy atom. The molecule has 0 atom stereocenters. The molecule has 0 saturated carbocycles. The van der Waals surface area contributed by atoms with Crippen molar-refractivity contribution in [3.8, 4) is 5.75 Å². The molecule has 0 aromatic heterocycles. The lowest BCUT2D eigenvalue weighted by molar-refractivity contribution is -0.125. The van der Waals surface area contributed by atoms with Crippen LogP contribution in [0.25, 0.3) is 0 Å². The fraction of sp³-hybridized carbons (Fsp3) is 0.357. The third kappa shape index (κ3) is 5.45. The number of likely N-dealkylation sites (N-methyl/N-ethyl adjacent to an activating group) is 1. The van der Waals surface area contributed by atoms with E-state index in [9.17, 15) is 17.6 Å². The topological polar surface area (TPSA) is 89.7 Å². The van der Waals surface area contributed by atoms with Gasteiger partial charge in [-0.15, -0.1) is 0 Å². The van der Waals surface area contributed by atoms with Crippen molar-refractivity contribution in [2.75, 3.05) is 20.2 Å². The van der Waals surface area contributed by atoms with Gasteiger partial charge in [0, 0.05) is 13.1 Å². The highest BCUT2D eigenvalue weighted by atomic mass is 32.2. The molecule has 0 aliphatic heterocycles. The molecule has 6 nitrogen and oxygen atoms in total. The molecular weight excluding hydrogens is 311 g/mol. The first-order valence-corrected chi connectivity index (χ1v) is 8.01. The van der Waals surface area contributed by atoms with Crippen molar-refractivity contribution in [2.45, 2.75) is 18.7 Å². The van der Waals surface area contributed by atoms with Crippen LogP contribution in [0.1, 0.15) is 13.8 Å². The Morgan fingerprint density at radius 2 is 2.05 bits per heavy atom. The van der Waals surface area contributed by atoms with Gasteiger partial charge in [0.2, 0.25) is 15.9 Å². The lowest BCUT2D eigenvalue weighted by Gasteiger charge is -2.16. The van der Waals surface area contributed by atoms with E-state index >= 15 is 0 Å². The molecule has 1 amide bonds. The standard InChI is InChI=1S/C14H19FN2O4S/c1-10(2)8-14(18)17(3)6-7-21-13-5-4-11(9-12(13)15)22(16,19)20/h4-5,8-9H,6-7H2,1-3H3,(H2,16,19,20). The summed E-state index contributed by atoms with van der Waals surface area (Å²) in [5, 5.41) is 4.90. The van der Waals surface area contributed by atoms with E-state index in [1.165, 1.54) is 17.0 Å². The number of amides is 1. The smallest absolute Gasteiger partial charge is 0.246 e. The highest BCUT2D eigenvalue weighted by Gasteiger charge is 2.13. The molecule has 22 heavy (non-hydrogen) atoms. The molecule has 122 valence electrons. The van der Waals surface area contributed by atoms with Gasteiger partial charge in [-0.1, -0.05) is 5.57 Å². The van der Waals surface area contributed by atoms with Crippen LogP contribution in [-0.4, -0.2) is 39.4 Å². The minimum atomic E-state index is -3.95. The molecule has 1 rings (SSSR count). The predicted octanol–water partition coefficient (Wildman–Crippen LogP) is 1.28. The van der Waals surface area contributed by atoms with Crippen molar-refractivity contribution in [3.05, 3.63) is 35.7 Å². The summed E-state index contributed by atoms with van der Waals surface area (Å²) in [6.45, 7) is 3.96. The van der Waals surface area contributed by atoms with Crippen LogP contribution in [0, 0.1) is 5.82 Å². The van der Waals surface area contributed by atoms with Crippen LogP contribution in [-0.2, 0) is 14.8 Å². The van der Waals surface area contributed by atoms with Gasteiger partial charge in [0.1, 0.15) is 6.61 Å². The van der Waals surface area contributed by atoms with Gasteiger partial charge in [-0.3, -0.25) is 4.79 Å². The van der Waals surface area contributed by atoms with Gasteiger partial charge < -0.3 is 9.64 Å². The number of nitrogens with two attached hydrogens (primary N) is 1. The normalized spacial score (nSPS) is 11.0. The molecule has 0 unspecified atom stereocenters. The van der Waals surface area contributed by atoms with Crippen LogP contribution in [0.5, 0.6) is 5.75 Å². The average molecular weight is 330 g/mol. The van der Waals surface area contributed by atoms with E-state index in [-0.39, 0.29) is 29.7 Å². The molecule has 0 spiro atoms. The van der Waals surface area contributed by atoms with Crippen molar-refractivity contribution in [2.24, 2.45) is 5.14 Å². The van der Waals surface area contributed by atoms with Crippen molar-refractivity contribution < 1.29 is 22.3 Å². The third-order valence-corrected chi connectivity index (χ3v) is 3.62. The fourth-order valence-corrected chi connectivity index (χ4v) is 2.06. The van der Waals surface area contributed by atoms with Gasteiger partial charge in [-0.05, 0) is 32.0 Å². The van der Waals surface area contributed by atoms with Gasteiger partial charge >= 0.3 is 0 Å². The molecule has 8 heteroatoms. The monoisotopic (exact) mass is 330 g/mol. The fourth-order valence-electron chi connectivity index (χ4n) is 1.54. The number of sulfonamides is 1. The molecule has 0 aliphatic rings. The maximum absolute atomic E-state index is 13.7. The molecule has 0 radical (unpaired) electrons. The Hall–Kier alpha value is -1.93. The van der Waals surface area contributed by atoms with Crippen LogP contribution in [0.2, 0.25) is 0 Å². The molecular formula is C14H19FN2O4S. The van der Waals surface area contributed by atoms with Gasteiger partial charge in [-0.2, -0.15) is 0 Å². The number of carbonyl (C=O) groups is 1. The van der Waals surface area contributed by atoms with E-state index in [0.29, 0.717) is 0 Å². The largest absolute Gasteiger partial charge is 0.489 e. The Bertz CT molecular complexity index is 682. The number of primary sulfonamides is 1. The van der Waals surface area contributed by atoms with E-state index < -0.39 is 15.8 Å². The summed E-state index contributed by atoms with van der Waals surface area (Å²) in [5.41, 5.74) is 0.877. The van der Waals surface area contributed by atoms with Crippen molar-refractivity contribution in [3.63, 3.8) is 0 Å². The van der Waals surface area contributed by atoms with E-state index in [1.807, 2.05) is 13.8 Å². The number of benzene rings is 1. The molecule has 2 N–H and O–H groups in total. The van der Waals surface area contributed by atoms with Gasteiger partial charge in [-0.25, -0.2) is 17.9 Å². The van der Waals surface area contributed by atoms with Crippen LogP contribution < -0.4 is 9.88 Å². The molecule has 1 aromatic rings. The van der Waals surface area contributed by atoms with E-state index in [2.05, 4.69) is 0 Å². The third-order valence-electron chi connectivity index (χ3n) is 2.70. The van der Waals surface area contributed by atoms with Gasteiger partial charge in [0.15, 0.2) is 11.6 Å². The number of rotatable bonds is 6. The molecule has 1 aromatic carbocycles. The summed E-state index contributed by atoms with van der Waals surface area (Å²) in [4.78, 5) is 12.8. The summed E-state index contributed by atoms with van der Waals surface area (Å²) in [7, 11) is -2.35. The second-order valence-electron chi connectivity index (χ2n) is 4.97. The Labute approximate surface area is 129 Å². The zero-order chi connectivity index (χ0) is 16.9. The zero-order valence-electron chi connectivity index (χ0n) is 12.7. The van der Waals surface area contributed by atoms with Crippen molar-refractivity contribution in [1.29, 1.82) is 0 Å². The number of ether oxygens (including phenoxy) is 1. The summed E-state index contributed by atoms with van der Waals surface area (Å²) in [6, 6.07) is 3.14. The highest BCUT2D eigenvalue weighted by molar-refractivity contribution is 7.89. The number of allylic oxidation sites excluding steroid dienone is 1. The Balaban J connectivity index is 2.63. The predicted molar refractivity (Wildman–Crippen MR) is 80.3 cm³/mol. The molecule has 0 heterocycles. The second kappa shape index (κ2) is 7.37. The maximum Gasteiger partial charge on any atom is 0.246 e. The Kier molecular flexibility index (Phi) is 6.07. The number of halogens is 1. The van der Waals surface area contributed by atoms with Crippen LogP contribution in [0.15, 0.2) is 34.7 Å². The molecule has 0 bridgehead atoms. The molecule has 0 saturated heterocycles. The van der Waals surface area contributed by atoms with Crippen LogP contribution >= 0.6 is 0 Å². The van der Waals surface area contributed by atoms with E-state index in [0.717, 1.165) is 17.7 Å². The molecule has 0 aliphatic carbocycles. The SMILES string of the molecule is CC(C)=CC(=O)N(C)CCOc1ccc(S(N)(=O)=O)cc1F. The Morgan fingerprint density at radius 3 is 2.55 bits per heavy atom. The maximum atomic E-state index is 13.7. The van der Waals surface area contributed by atoms with E-state index in [4.69, 9.17) is 9.88 Å². The first-order chi connectivity index (χ1) is 10.1. The number of hydrogen-bond donors (Lipinski definition) is 1. The minimum absolute atomic E-state index is 0.0739. The first-order valence-electron chi connectivity index (χ1n) is 6.46. The van der Waals surface area contributed by atoms with Gasteiger partial charge in [0.05, 0.1) is 11.4 Å². The average Bonchev–Trinajstić information content (AvgIpc) is 2.38. The number of hydrogen-bond acceptors (Lipinski definition) is 4. The van der Waals surface area contributed by atoms with Crippen molar-refractivity contribution >= 4 is 15.9 Å². The first kappa shape index (κ1) is 18.1. The number of nitrogens with zero attached hydrogens (tertiary/aromatic N) is 1. The minimum Gasteiger partial charge on any atom is -0.489 e. The second-order valence-corrected chi connectivity index (χ2v) is 6.53. The summed E-state index contributed by atoms with van der Waals surface area (Å²) >= 11 is 0. The quantitative estimate of drug-likeness (QED) is 0.796. The number of carbonyl (C=O) groups excluding carboxylic acids is 1.